The van der Waals surface area contributed by atoms with Gasteiger partial charge >= 0.3 is 11.9 Å². The molecule has 0 aliphatic rings. The van der Waals surface area contributed by atoms with Crippen molar-refractivity contribution in [1.29, 1.82) is 0 Å². The highest BCUT2D eigenvalue weighted by atomic mass is 16.4. The SMILES string of the molecule is C=C(Cc1ccccc1CC(=C)C(=O)O)C(=O)O. The van der Waals surface area contributed by atoms with Gasteiger partial charge in [0.1, 0.15) is 0 Å². The van der Waals surface area contributed by atoms with Crippen LogP contribution in [-0.2, 0) is 22.4 Å². The fraction of sp³-hybridized carbons (Fsp3) is 0.143. The van der Waals surface area contributed by atoms with E-state index in [2.05, 4.69) is 13.2 Å². The van der Waals surface area contributed by atoms with Crippen LogP contribution in [0.2, 0.25) is 0 Å². The first kappa shape index (κ1) is 13.7. The topological polar surface area (TPSA) is 74.6 Å². The van der Waals surface area contributed by atoms with Crippen molar-refractivity contribution in [2.24, 2.45) is 0 Å². The van der Waals surface area contributed by atoms with Gasteiger partial charge in [0, 0.05) is 24.0 Å². The van der Waals surface area contributed by atoms with Crippen molar-refractivity contribution in [3.8, 4) is 0 Å². The van der Waals surface area contributed by atoms with Gasteiger partial charge in [-0.3, -0.25) is 0 Å². The standard InChI is InChI=1S/C14H14O4/c1-9(13(15)16)7-11-5-3-4-6-12(11)8-10(2)14(17)18/h3-6H,1-2,7-8H2,(H,15,16)(H,17,18). The molecule has 4 heteroatoms. The fourth-order valence-electron chi connectivity index (χ4n) is 1.51. The van der Waals surface area contributed by atoms with Gasteiger partial charge in [-0.2, -0.15) is 0 Å². The minimum Gasteiger partial charge on any atom is -0.478 e. The molecule has 0 aliphatic heterocycles. The van der Waals surface area contributed by atoms with E-state index >= 15 is 0 Å². The summed E-state index contributed by atoms with van der Waals surface area (Å²) in [7, 11) is 0. The van der Waals surface area contributed by atoms with Gasteiger partial charge < -0.3 is 10.2 Å². The van der Waals surface area contributed by atoms with Crippen LogP contribution < -0.4 is 0 Å². The average molecular weight is 246 g/mol. The zero-order valence-electron chi connectivity index (χ0n) is 9.85. The number of carboxylic acid groups (broad SMARTS) is 2. The normalized spacial score (nSPS) is 9.78. The summed E-state index contributed by atoms with van der Waals surface area (Å²) in [4.78, 5) is 21.5. The highest BCUT2D eigenvalue weighted by molar-refractivity contribution is 5.87. The lowest BCUT2D eigenvalue weighted by molar-refractivity contribution is -0.133. The first-order chi connectivity index (χ1) is 8.41. The predicted molar refractivity (Wildman–Crippen MR) is 67.4 cm³/mol. The van der Waals surface area contributed by atoms with Crippen molar-refractivity contribution >= 4 is 11.9 Å². The number of carbonyl (C=O) groups is 2. The predicted octanol–water partition coefficient (Wildman–Crippen LogP) is 2.05. The molecule has 0 saturated heterocycles. The number of hydrogen-bond acceptors (Lipinski definition) is 2. The summed E-state index contributed by atoms with van der Waals surface area (Å²) in [6.45, 7) is 6.93. The summed E-state index contributed by atoms with van der Waals surface area (Å²) < 4.78 is 0. The van der Waals surface area contributed by atoms with Gasteiger partial charge in [-0.1, -0.05) is 37.4 Å². The van der Waals surface area contributed by atoms with E-state index in [9.17, 15) is 9.59 Å². The number of benzene rings is 1. The largest absolute Gasteiger partial charge is 0.478 e. The van der Waals surface area contributed by atoms with Crippen molar-refractivity contribution in [3.05, 3.63) is 59.7 Å². The lowest BCUT2D eigenvalue weighted by atomic mass is 9.96. The highest BCUT2D eigenvalue weighted by Crippen LogP contribution is 2.16. The van der Waals surface area contributed by atoms with Crippen LogP contribution in [-0.4, -0.2) is 22.2 Å². The molecule has 94 valence electrons. The molecule has 0 spiro atoms. The summed E-state index contributed by atoms with van der Waals surface area (Å²) >= 11 is 0. The van der Waals surface area contributed by atoms with E-state index in [4.69, 9.17) is 10.2 Å². The molecule has 0 aliphatic carbocycles. The molecule has 0 radical (unpaired) electrons. The highest BCUT2D eigenvalue weighted by Gasteiger charge is 2.11. The molecule has 0 unspecified atom stereocenters. The Bertz CT molecular complexity index is 467. The molecular formula is C14H14O4. The molecule has 0 atom stereocenters. The zero-order valence-corrected chi connectivity index (χ0v) is 9.85. The lowest BCUT2D eigenvalue weighted by Crippen LogP contribution is -2.07. The second-order valence-corrected chi connectivity index (χ2v) is 3.94. The summed E-state index contributed by atoms with van der Waals surface area (Å²) in [5.74, 6) is -2.11. The van der Waals surface area contributed by atoms with Crippen LogP contribution in [0.5, 0.6) is 0 Å². The van der Waals surface area contributed by atoms with Crippen LogP contribution in [0.3, 0.4) is 0 Å². The number of rotatable bonds is 6. The van der Waals surface area contributed by atoms with Crippen LogP contribution in [0.1, 0.15) is 11.1 Å². The zero-order chi connectivity index (χ0) is 13.7. The molecule has 0 heterocycles. The Kier molecular flexibility index (Phi) is 4.43. The summed E-state index contributed by atoms with van der Waals surface area (Å²) in [5.41, 5.74) is 1.66. The molecule has 0 aromatic heterocycles. The van der Waals surface area contributed by atoms with E-state index < -0.39 is 11.9 Å². The molecule has 4 nitrogen and oxygen atoms in total. The van der Waals surface area contributed by atoms with Gasteiger partial charge in [-0.05, 0) is 11.1 Å². The summed E-state index contributed by atoms with van der Waals surface area (Å²) in [6, 6.07) is 7.08. The maximum atomic E-state index is 10.7. The van der Waals surface area contributed by atoms with Crippen molar-refractivity contribution in [1.82, 2.24) is 0 Å². The summed E-state index contributed by atoms with van der Waals surface area (Å²) in [5, 5.41) is 17.6. The minimum atomic E-state index is -1.05. The van der Waals surface area contributed by atoms with Crippen LogP contribution in [0.15, 0.2) is 48.6 Å². The third-order valence-corrected chi connectivity index (χ3v) is 2.53. The Labute approximate surface area is 105 Å². The molecule has 1 aromatic rings. The smallest absolute Gasteiger partial charge is 0.331 e. The molecule has 0 fully saturated rings. The van der Waals surface area contributed by atoms with Gasteiger partial charge in [0.25, 0.3) is 0 Å². The number of aliphatic carboxylic acids is 2. The van der Waals surface area contributed by atoms with Crippen LogP contribution in [0.25, 0.3) is 0 Å². The van der Waals surface area contributed by atoms with E-state index in [1.807, 2.05) is 0 Å². The van der Waals surface area contributed by atoms with Crippen molar-refractivity contribution in [3.63, 3.8) is 0 Å². The minimum absolute atomic E-state index is 0.0726. The molecule has 0 bridgehead atoms. The van der Waals surface area contributed by atoms with Crippen LogP contribution in [0, 0.1) is 0 Å². The summed E-state index contributed by atoms with van der Waals surface area (Å²) in [6.07, 6.45) is 0.386. The van der Waals surface area contributed by atoms with Crippen molar-refractivity contribution in [2.45, 2.75) is 12.8 Å². The van der Waals surface area contributed by atoms with E-state index in [1.54, 1.807) is 24.3 Å². The third-order valence-electron chi connectivity index (χ3n) is 2.53. The molecule has 1 rings (SSSR count). The van der Waals surface area contributed by atoms with E-state index in [0.717, 1.165) is 11.1 Å². The van der Waals surface area contributed by atoms with Gasteiger partial charge in [-0.25, -0.2) is 9.59 Å². The third kappa shape index (κ3) is 3.59. The Morgan fingerprint density at radius 3 is 1.50 bits per heavy atom. The second-order valence-electron chi connectivity index (χ2n) is 3.94. The van der Waals surface area contributed by atoms with E-state index in [0.29, 0.717) is 0 Å². The Balaban J connectivity index is 2.93. The monoisotopic (exact) mass is 246 g/mol. The molecular weight excluding hydrogens is 232 g/mol. The number of hydrogen-bond donors (Lipinski definition) is 2. The van der Waals surface area contributed by atoms with Crippen molar-refractivity contribution < 1.29 is 19.8 Å². The maximum Gasteiger partial charge on any atom is 0.331 e. The molecule has 0 amide bonds. The first-order valence-electron chi connectivity index (χ1n) is 5.30. The second kappa shape index (κ2) is 5.82. The molecule has 2 N–H and O–H groups in total. The lowest BCUT2D eigenvalue weighted by Gasteiger charge is -2.09. The quantitative estimate of drug-likeness (QED) is 0.753. The molecule has 0 saturated carbocycles. The van der Waals surface area contributed by atoms with E-state index in [-0.39, 0.29) is 24.0 Å². The van der Waals surface area contributed by atoms with Crippen LogP contribution in [0.4, 0.5) is 0 Å². The average Bonchev–Trinajstić information content (AvgIpc) is 2.31. The Morgan fingerprint density at radius 1 is 0.889 bits per heavy atom. The number of carboxylic acids is 2. The first-order valence-corrected chi connectivity index (χ1v) is 5.30. The molecule has 18 heavy (non-hydrogen) atoms. The van der Waals surface area contributed by atoms with E-state index in [1.165, 1.54) is 0 Å². The Morgan fingerprint density at radius 2 is 1.22 bits per heavy atom. The fourth-order valence-corrected chi connectivity index (χ4v) is 1.51. The maximum absolute atomic E-state index is 10.7. The van der Waals surface area contributed by atoms with Crippen molar-refractivity contribution in [2.75, 3.05) is 0 Å². The van der Waals surface area contributed by atoms with Gasteiger partial charge in [0.15, 0.2) is 0 Å². The van der Waals surface area contributed by atoms with Crippen LogP contribution >= 0.6 is 0 Å². The van der Waals surface area contributed by atoms with Gasteiger partial charge in [-0.15, -0.1) is 0 Å². The van der Waals surface area contributed by atoms with Gasteiger partial charge in [0.05, 0.1) is 0 Å². The van der Waals surface area contributed by atoms with Gasteiger partial charge in [0.2, 0.25) is 0 Å². The molecule has 1 aromatic carbocycles. The Hall–Kier alpha value is -2.36.